The highest BCUT2D eigenvalue weighted by Crippen LogP contribution is 2.12. The zero-order valence-corrected chi connectivity index (χ0v) is 14.0. The van der Waals surface area contributed by atoms with Crippen LogP contribution in [0.5, 0.6) is 5.75 Å². The van der Waals surface area contributed by atoms with Crippen LogP contribution in [0.25, 0.3) is 10.8 Å². The van der Waals surface area contributed by atoms with E-state index in [4.69, 9.17) is 4.74 Å². The van der Waals surface area contributed by atoms with Gasteiger partial charge in [-0.1, -0.05) is 30.3 Å². The Morgan fingerprint density at radius 3 is 2.83 bits per heavy atom. The number of likely N-dealkylation sites (N-methyl/N-ethyl adjacent to an activating group) is 1. The maximum Gasteiger partial charge on any atom is 0.275 e. The summed E-state index contributed by atoms with van der Waals surface area (Å²) in [5, 5.41) is 5.80. The minimum absolute atomic E-state index is 0.0699. The Labute approximate surface area is 141 Å². The van der Waals surface area contributed by atoms with Crippen molar-refractivity contribution in [2.24, 2.45) is 0 Å². The van der Waals surface area contributed by atoms with E-state index >= 15 is 0 Å². The molecule has 1 aromatic heterocycles. The molecule has 0 atom stereocenters. The highest BCUT2D eigenvalue weighted by molar-refractivity contribution is 5.80. The Balaban J connectivity index is 1.60. The topological polar surface area (TPSA) is 47.4 Å². The molecule has 0 aliphatic heterocycles. The lowest BCUT2D eigenvalue weighted by atomic mass is 10.2. The standard InChI is InChI=1S/C19H21N3O2/c1-15-6-5-8-17(12-15)24-11-10-21(2)14-22-19(23)18-9-4-3-7-16(18)13-20-22/h3-9,12-13H,10-11,14H2,1-2H3. The molecule has 0 radical (unpaired) electrons. The zero-order valence-electron chi connectivity index (χ0n) is 14.0. The van der Waals surface area contributed by atoms with E-state index in [-0.39, 0.29) is 5.56 Å². The molecule has 0 amide bonds. The molecule has 0 spiro atoms. The fourth-order valence-electron chi connectivity index (χ4n) is 2.55. The average molecular weight is 323 g/mol. The normalized spacial score (nSPS) is 11.1. The maximum atomic E-state index is 12.4. The van der Waals surface area contributed by atoms with Gasteiger partial charge in [0, 0.05) is 11.9 Å². The van der Waals surface area contributed by atoms with E-state index in [0.717, 1.165) is 11.1 Å². The first-order chi connectivity index (χ1) is 11.6. The van der Waals surface area contributed by atoms with Crippen LogP contribution in [0.2, 0.25) is 0 Å². The molecule has 0 saturated carbocycles. The van der Waals surface area contributed by atoms with Crippen molar-refractivity contribution in [3.8, 4) is 5.75 Å². The predicted octanol–water partition coefficient (Wildman–Crippen LogP) is 2.67. The molecule has 3 rings (SSSR count). The number of aromatic nitrogens is 2. The maximum absolute atomic E-state index is 12.4. The SMILES string of the molecule is Cc1cccc(OCCN(C)Cn2ncc3ccccc3c2=O)c1. The quantitative estimate of drug-likeness (QED) is 0.700. The van der Waals surface area contributed by atoms with E-state index in [0.29, 0.717) is 25.2 Å². The van der Waals surface area contributed by atoms with E-state index in [1.54, 1.807) is 6.20 Å². The molecule has 1 heterocycles. The van der Waals surface area contributed by atoms with Gasteiger partial charge in [0.05, 0.1) is 18.3 Å². The van der Waals surface area contributed by atoms with Gasteiger partial charge in [-0.25, -0.2) is 4.68 Å². The van der Waals surface area contributed by atoms with Crippen molar-refractivity contribution in [1.29, 1.82) is 0 Å². The van der Waals surface area contributed by atoms with Crippen LogP contribution in [-0.2, 0) is 6.67 Å². The van der Waals surface area contributed by atoms with Crippen molar-refractivity contribution >= 4 is 10.8 Å². The zero-order chi connectivity index (χ0) is 16.9. The molecule has 5 heteroatoms. The van der Waals surface area contributed by atoms with Crippen molar-refractivity contribution < 1.29 is 4.74 Å². The molecule has 24 heavy (non-hydrogen) atoms. The van der Waals surface area contributed by atoms with Crippen LogP contribution in [0.4, 0.5) is 0 Å². The number of hydrogen-bond acceptors (Lipinski definition) is 4. The molecule has 124 valence electrons. The van der Waals surface area contributed by atoms with Gasteiger partial charge in [0.25, 0.3) is 5.56 Å². The second-order valence-corrected chi connectivity index (χ2v) is 5.92. The minimum atomic E-state index is -0.0699. The van der Waals surface area contributed by atoms with E-state index < -0.39 is 0 Å². The lowest BCUT2D eigenvalue weighted by Crippen LogP contribution is -2.33. The molecule has 0 aliphatic carbocycles. The number of rotatable bonds is 6. The molecule has 2 aromatic carbocycles. The van der Waals surface area contributed by atoms with Gasteiger partial charge in [-0.3, -0.25) is 9.69 Å². The summed E-state index contributed by atoms with van der Waals surface area (Å²) in [6, 6.07) is 15.5. The van der Waals surface area contributed by atoms with Gasteiger partial charge in [-0.2, -0.15) is 5.10 Å². The molecule has 0 aliphatic rings. The summed E-state index contributed by atoms with van der Waals surface area (Å²) in [4.78, 5) is 14.5. The van der Waals surface area contributed by atoms with E-state index in [2.05, 4.69) is 5.10 Å². The first-order valence-corrected chi connectivity index (χ1v) is 7.96. The van der Waals surface area contributed by atoms with Crippen LogP contribution in [0.1, 0.15) is 5.56 Å². The van der Waals surface area contributed by atoms with Gasteiger partial charge < -0.3 is 4.74 Å². The second-order valence-electron chi connectivity index (χ2n) is 5.92. The van der Waals surface area contributed by atoms with Gasteiger partial charge in [-0.05, 0) is 37.7 Å². The Morgan fingerprint density at radius 1 is 1.17 bits per heavy atom. The summed E-state index contributed by atoms with van der Waals surface area (Å²) in [6.45, 7) is 3.73. The molecular formula is C19H21N3O2. The lowest BCUT2D eigenvalue weighted by Gasteiger charge is -2.17. The van der Waals surface area contributed by atoms with Crippen molar-refractivity contribution in [2.75, 3.05) is 20.2 Å². The second kappa shape index (κ2) is 7.27. The molecule has 0 bridgehead atoms. The molecule has 0 saturated heterocycles. The predicted molar refractivity (Wildman–Crippen MR) is 95.3 cm³/mol. The molecule has 3 aromatic rings. The van der Waals surface area contributed by atoms with Crippen molar-refractivity contribution in [3.05, 3.63) is 70.6 Å². The molecule has 0 fully saturated rings. The third-order valence-corrected chi connectivity index (χ3v) is 3.87. The Kier molecular flexibility index (Phi) is 4.91. The highest BCUT2D eigenvalue weighted by atomic mass is 16.5. The number of benzene rings is 2. The fraction of sp³-hybridized carbons (Fsp3) is 0.263. The van der Waals surface area contributed by atoms with Crippen LogP contribution in [0, 0.1) is 6.92 Å². The number of aryl methyl sites for hydroxylation is 1. The lowest BCUT2D eigenvalue weighted by molar-refractivity contribution is 0.196. The van der Waals surface area contributed by atoms with Crippen molar-refractivity contribution in [2.45, 2.75) is 13.6 Å². The molecule has 5 nitrogen and oxygen atoms in total. The highest BCUT2D eigenvalue weighted by Gasteiger charge is 2.06. The van der Waals surface area contributed by atoms with E-state index in [1.165, 1.54) is 10.2 Å². The van der Waals surface area contributed by atoms with Gasteiger partial charge in [-0.15, -0.1) is 0 Å². The smallest absolute Gasteiger partial charge is 0.275 e. The third kappa shape index (κ3) is 3.81. The molecule has 0 N–H and O–H groups in total. The Morgan fingerprint density at radius 2 is 2.00 bits per heavy atom. The summed E-state index contributed by atoms with van der Waals surface area (Å²) in [5.41, 5.74) is 1.10. The van der Waals surface area contributed by atoms with E-state index in [1.807, 2.05) is 67.4 Å². The van der Waals surface area contributed by atoms with Crippen molar-refractivity contribution in [3.63, 3.8) is 0 Å². The largest absolute Gasteiger partial charge is 0.492 e. The first kappa shape index (κ1) is 16.2. The average Bonchev–Trinajstić information content (AvgIpc) is 2.58. The van der Waals surface area contributed by atoms with Crippen molar-refractivity contribution in [1.82, 2.24) is 14.7 Å². The van der Waals surface area contributed by atoms with Gasteiger partial charge in [0.2, 0.25) is 0 Å². The number of fused-ring (bicyclic) bond motifs is 1. The van der Waals surface area contributed by atoms with Crippen LogP contribution >= 0.6 is 0 Å². The van der Waals surface area contributed by atoms with Crippen LogP contribution in [-0.4, -0.2) is 34.9 Å². The first-order valence-electron chi connectivity index (χ1n) is 7.96. The van der Waals surface area contributed by atoms with Gasteiger partial charge in [0.15, 0.2) is 0 Å². The summed E-state index contributed by atoms with van der Waals surface area (Å²) < 4.78 is 7.23. The van der Waals surface area contributed by atoms with E-state index in [9.17, 15) is 4.79 Å². The number of ether oxygens (including phenoxy) is 1. The third-order valence-electron chi connectivity index (χ3n) is 3.87. The number of nitrogens with zero attached hydrogens (tertiary/aromatic N) is 3. The van der Waals surface area contributed by atoms with Gasteiger partial charge >= 0.3 is 0 Å². The number of hydrogen-bond donors (Lipinski definition) is 0. The van der Waals surface area contributed by atoms with Crippen LogP contribution in [0.15, 0.2) is 59.5 Å². The summed E-state index contributed by atoms with van der Waals surface area (Å²) >= 11 is 0. The monoisotopic (exact) mass is 323 g/mol. The summed E-state index contributed by atoms with van der Waals surface area (Å²) in [6.07, 6.45) is 1.73. The summed E-state index contributed by atoms with van der Waals surface area (Å²) in [5.74, 6) is 0.865. The molecule has 0 unspecified atom stereocenters. The van der Waals surface area contributed by atoms with Crippen LogP contribution in [0.3, 0.4) is 0 Å². The Bertz CT molecular complexity index is 889. The Hall–Kier alpha value is -2.66. The van der Waals surface area contributed by atoms with Crippen LogP contribution < -0.4 is 10.3 Å². The molecular weight excluding hydrogens is 302 g/mol. The van der Waals surface area contributed by atoms with Gasteiger partial charge in [0.1, 0.15) is 12.4 Å². The fourth-order valence-corrected chi connectivity index (χ4v) is 2.55. The summed E-state index contributed by atoms with van der Waals surface area (Å²) in [7, 11) is 1.95. The minimum Gasteiger partial charge on any atom is -0.492 e.